The molecule has 3 heteroatoms. The molecule has 3 nitrogen and oxygen atoms in total. The van der Waals surface area contributed by atoms with E-state index < -0.39 is 0 Å². The molecule has 0 aliphatic heterocycles. The van der Waals surface area contributed by atoms with Crippen molar-refractivity contribution in [3.63, 3.8) is 0 Å². The molecule has 0 amide bonds. The quantitative estimate of drug-likeness (QED) is 0.822. The number of aliphatic hydroxyl groups excluding tert-OH is 1. The Bertz CT molecular complexity index is 551. The lowest BCUT2D eigenvalue weighted by Gasteiger charge is -2.15. The predicted octanol–water partition coefficient (Wildman–Crippen LogP) is 2.91. The molecule has 2 N–H and O–H groups in total. The number of ether oxygens (including phenoxy) is 1. The smallest absolute Gasteiger partial charge is 0.118 e. The van der Waals surface area contributed by atoms with Gasteiger partial charge in [0.2, 0.25) is 0 Å². The van der Waals surface area contributed by atoms with Gasteiger partial charge in [-0.15, -0.1) is 0 Å². The summed E-state index contributed by atoms with van der Waals surface area (Å²) in [4.78, 5) is 0. The van der Waals surface area contributed by atoms with Crippen LogP contribution >= 0.6 is 0 Å². The Kier molecular flexibility index (Phi) is 5.78. The fraction of sp³-hybridized carbons (Fsp3) is 0.333. The van der Waals surface area contributed by atoms with Gasteiger partial charge in [0.15, 0.2) is 0 Å². The highest BCUT2D eigenvalue weighted by Gasteiger charge is 2.05. The number of aliphatic hydroxyl groups is 1. The van der Waals surface area contributed by atoms with Gasteiger partial charge in [-0.25, -0.2) is 0 Å². The zero-order valence-corrected chi connectivity index (χ0v) is 12.7. The van der Waals surface area contributed by atoms with E-state index in [9.17, 15) is 5.11 Å². The molecule has 0 heterocycles. The van der Waals surface area contributed by atoms with E-state index in [4.69, 9.17) is 4.74 Å². The maximum Gasteiger partial charge on any atom is 0.118 e. The normalized spacial score (nSPS) is 12.1. The van der Waals surface area contributed by atoms with Crippen LogP contribution in [0.5, 0.6) is 5.75 Å². The third-order valence-electron chi connectivity index (χ3n) is 3.63. The average Bonchev–Trinajstić information content (AvgIpc) is 2.54. The molecule has 0 bridgehead atoms. The fourth-order valence-electron chi connectivity index (χ4n) is 2.36. The van der Waals surface area contributed by atoms with Crippen LogP contribution in [0.1, 0.15) is 23.6 Å². The van der Waals surface area contributed by atoms with Crippen molar-refractivity contribution in [2.45, 2.75) is 32.5 Å². The van der Waals surface area contributed by atoms with Gasteiger partial charge in [0.05, 0.1) is 13.7 Å². The first kappa shape index (κ1) is 15.5. The van der Waals surface area contributed by atoms with E-state index in [-0.39, 0.29) is 6.61 Å². The number of hydrogen-bond acceptors (Lipinski definition) is 3. The minimum absolute atomic E-state index is 0.0880. The molecule has 1 unspecified atom stereocenters. The zero-order chi connectivity index (χ0) is 15.1. The Hall–Kier alpha value is -1.84. The van der Waals surface area contributed by atoms with Crippen LogP contribution in [-0.2, 0) is 19.6 Å². The maximum absolute atomic E-state index is 9.33. The first-order valence-electron chi connectivity index (χ1n) is 7.27. The fourth-order valence-corrected chi connectivity index (χ4v) is 2.36. The van der Waals surface area contributed by atoms with Gasteiger partial charge in [0.25, 0.3) is 0 Å². The number of rotatable bonds is 7. The van der Waals surface area contributed by atoms with E-state index in [0.29, 0.717) is 6.04 Å². The summed E-state index contributed by atoms with van der Waals surface area (Å²) in [6.45, 7) is 3.03. The van der Waals surface area contributed by atoms with Crippen LogP contribution in [0.15, 0.2) is 48.5 Å². The van der Waals surface area contributed by atoms with E-state index in [1.54, 1.807) is 7.11 Å². The molecule has 0 aliphatic carbocycles. The maximum atomic E-state index is 9.33. The highest BCUT2D eigenvalue weighted by atomic mass is 16.5. The Morgan fingerprint density at radius 1 is 1.05 bits per heavy atom. The van der Waals surface area contributed by atoms with Gasteiger partial charge in [-0.05, 0) is 42.2 Å². The van der Waals surface area contributed by atoms with E-state index in [1.165, 1.54) is 5.56 Å². The van der Waals surface area contributed by atoms with Crippen molar-refractivity contribution in [1.29, 1.82) is 0 Å². The van der Waals surface area contributed by atoms with Crippen LogP contribution in [0.25, 0.3) is 0 Å². The minimum atomic E-state index is 0.0880. The summed E-state index contributed by atoms with van der Waals surface area (Å²) in [5, 5.41) is 12.8. The molecule has 0 aromatic heterocycles. The van der Waals surface area contributed by atoms with E-state index in [0.717, 1.165) is 29.8 Å². The number of benzene rings is 2. The molecule has 0 spiro atoms. The molecule has 0 saturated carbocycles. The number of hydrogen-bond donors (Lipinski definition) is 2. The lowest BCUT2D eigenvalue weighted by atomic mass is 10.1. The van der Waals surface area contributed by atoms with Crippen molar-refractivity contribution in [3.8, 4) is 5.75 Å². The summed E-state index contributed by atoms with van der Waals surface area (Å²) < 4.78 is 5.17. The molecule has 0 radical (unpaired) electrons. The van der Waals surface area contributed by atoms with Crippen LogP contribution in [0, 0.1) is 0 Å². The topological polar surface area (TPSA) is 41.5 Å². The second-order valence-electron chi connectivity index (χ2n) is 5.26. The molecular weight excluding hydrogens is 262 g/mol. The van der Waals surface area contributed by atoms with Gasteiger partial charge in [0.1, 0.15) is 5.75 Å². The van der Waals surface area contributed by atoms with E-state index in [2.05, 4.69) is 30.4 Å². The molecule has 2 aromatic carbocycles. The Labute approximate surface area is 126 Å². The summed E-state index contributed by atoms with van der Waals surface area (Å²) in [6, 6.07) is 16.5. The second kappa shape index (κ2) is 7.81. The van der Waals surface area contributed by atoms with Crippen molar-refractivity contribution in [2.75, 3.05) is 7.11 Å². The molecule has 21 heavy (non-hydrogen) atoms. The summed E-state index contributed by atoms with van der Waals surface area (Å²) in [5.74, 6) is 0.885. The molecule has 0 fully saturated rings. The highest BCUT2D eigenvalue weighted by molar-refractivity contribution is 5.28. The third-order valence-corrected chi connectivity index (χ3v) is 3.63. The highest BCUT2D eigenvalue weighted by Crippen LogP contribution is 2.13. The molecule has 0 saturated heterocycles. The second-order valence-corrected chi connectivity index (χ2v) is 5.26. The summed E-state index contributed by atoms with van der Waals surface area (Å²) in [6.07, 6.45) is 0.964. The van der Waals surface area contributed by atoms with Crippen molar-refractivity contribution < 1.29 is 9.84 Å². The molecule has 2 rings (SSSR count). The van der Waals surface area contributed by atoms with Crippen LogP contribution in [0.4, 0.5) is 0 Å². The Balaban J connectivity index is 1.87. The first-order chi connectivity index (χ1) is 10.2. The largest absolute Gasteiger partial charge is 0.497 e. The molecule has 2 aromatic rings. The van der Waals surface area contributed by atoms with Crippen LogP contribution in [0.3, 0.4) is 0 Å². The van der Waals surface area contributed by atoms with Crippen molar-refractivity contribution in [2.24, 2.45) is 0 Å². The summed E-state index contributed by atoms with van der Waals surface area (Å²) >= 11 is 0. The standard InChI is InChI=1S/C18H23NO2/c1-14(11-15-7-9-18(21-2)10-8-15)19-12-16-5-3-4-6-17(16)13-20/h3-10,14,19-20H,11-13H2,1-2H3. The van der Waals surface area contributed by atoms with Gasteiger partial charge < -0.3 is 15.2 Å². The molecule has 0 aliphatic rings. The zero-order valence-electron chi connectivity index (χ0n) is 12.7. The monoisotopic (exact) mass is 285 g/mol. The Morgan fingerprint density at radius 3 is 2.33 bits per heavy atom. The summed E-state index contributed by atoms with van der Waals surface area (Å²) in [7, 11) is 1.68. The first-order valence-corrected chi connectivity index (χ1v) is 7.27. The lowest BCUT2D eigenvalue weighted by Crippen LogP contribution is -2.28. The van der Waals surface area contributed by atoms with Gasteiger partial charge in [-0.1, -0.05) is 36.4 Å². The SMILES string of the molecule is COc1ccc(CC(C)NCc2ccccc2CO)cc1. The van der Waals surface area contributed by atoms with Crippen molar-refractivity contribution in [1.82, 2.24) is 5.32 Å². The van der Waals surface area contributed by atoms with Gasteiger partial charge in [0, 0.05) is 12.6 Å². The lowest BCUT2D eigenvalue weighted by molar-refractivity contribution is 0.280. The van der Waals surface area contributed by atoms with Crippen molar-refractivity contribution >= 4 is 0 Å². The number of methoxy groups -OCH3 is 1. The van der Waals surface area contributed by atoms with Crippen LogP contribution < -0.4 is 10.1 Å². The molecule has 1 atom stereocenters. The van der Waals surface area contributed by atoms with Crippen LogP contribution in [0.2, 0.25) is 0 Å². The number of nitrogens with one attached hydrogen (secondary N) is 1. The molecular formula is C18H23NO2. The summed E-state index contributed by atoms with van der Waals surface area (Å²) in [5.41, 5.74) is 3.43. The predicted molar refractivity (Wildman–Crippen MR) is 85.4 cm³/mol. The van der Waals surface area contributed by atoms with Crippen LogP contribution in [-0.4, -0.2) is 18.3 Å². The third kappa shape index (κ3) is 4.59. The average molecular weight is 285 g/mol. The van der Waals surface area contributed by atoms with Gasteiger partial charge >= 0.3 is 0 Å². The van der Waals surface area contributed by atoms with Gasteiger partial charge in [-0.2, -0.15) is 0 Å². The van der Waals surface area contributed by atoms with E-state index >= 15 is 0 Å². The van der Waals surface area contributed by atoms with E-state index in [1.807, 2.05) is 30.3 Å². The van der Waals surface area contributed by atoms with Crippen molar-refractivity contribution in [3.05, 3.63) is 65.2 Å². The Morgan fingerprint density at radius 2 is 1.71 bits per heavy atom. The molecule has 112 valence electrons. The minimum Gasteiger partial charge on any atom is -0.497 e. The van der Waals surface area contributed by atoms with Gasteiger partial charge in [-0.3, -0.25) is 0 Å².